The van der Waals surface area contributed by atoms with Gasteiger partial charge in [-0.3, -0.25) is 14.2 Å². The van der Waals surface area contributed by atoms with Crippen LogP contribution >= 0.6 is 27.3 Å². The Labute approximate surface area is 434 Å². The van der Waals surface area contributed by atoms with E-state index >= 15 is 0 Å². The Kier molecular flexibility index (Phi) is 17.1. The predicted octanol–water partition coefficient (Wildman–Crippen LogP) is 11.5. The summed E-state index contributed by atoms with van der Waals surface area (Å²) in [4.78, 5) is 51.8. The van der Waals surface area contributed by atoms with Crippen molar-refractivity contribution in [3.8, 4) is 16.1 Å². The van der Waals surface area contributed by atoms with E-state index < -0.39 is 0 Å². The molecule has 5 heterocycles. The minimum Gasteiger partial charge on any atom is -0.401 e. The maximum atomic E-state index is 13.1. The number of aryl methyl sites for hydroxylation is 1. The van der Waals surface area contributed by atoms with Gasteiger partial charge in [0.2, 0.25) is 5.91 Å². The lowest BCUT2D eigenvalue weighted by atomic mass is 9.69. The Bertz CT molecular complexity index is 2720. The second kappa shape index (κ2) is 23.0. The van der Waals surface area contributed by atoms with E-state index in [1.54, 1.807) is 16.2 Å². The molecule has 2 aromatic heterocycles. The smallest absolute Gasteiger partial charge is 0.281 e. The minimum absolute atomic E-state index is 0.00444. The van der Waals surface area contributed by atoms with Crippen molar-refractivity contribution in [1.82, 2.24) is 35.0 Å². The van der Waals surface area contributed by atoms with Gasteiger partial charge in [0, 0.05) is 29.0 Å². The van der Waals surface area contributed by atoms with Crippen LogP contribution in [0.15, 0.2) is 87.3 Å². The Morgan fingerprint density at radius 1 is 0.930 bits per heavy atom. The van der Waals surface area contributed by atoms with Crippen LogP contribution in [0.1, 0.15) is 158 Å². The van der Waals surface area contributed by atoms with E-state index in [1.165, 1.54) is 84.2 Å². The van der Waals surface area contributed by atoms with Crippen LogP contribution in [-0.2, 0) is 15.0 Å². The second-order valence-corrected chi connectivity index (χ2v) is 23.6. The lowest BCUT2D eigenvalue weighted by molar-refractivity contribution is -0.138. The quantitative estimate of drug-likeness (QED) is 0.123. The normalized spacial score (nSPS) is 20.3. The van der Waals surface area contributed by atoms with Gasteiger partial charge in [0.25, 0.3) is 5.56 Å². The number of amides is 1. The third-order valence-corrected chi connectivity index (χ3v) is 17.8. The average molecular weight is 1050 g/mol. The summed E-state index contributed by atoms with van der Waals surface area (Å²) in [6, 6.07) is 21.7. The number of hydrogen-bond acceptors (Lipinski definition) is 10. The molecule has 3 atom stereocenters. The highest BCUT2D eigenvalue weighted by atomic mass is 79.9. The molecule has 11 nitrogen and oxygen atoms in total. The molecule has 0 bridgehead atoms. The first-order valence-corrected chi connectivity index (χ1v) is 28.0. The van der Waals surface area contributed by atoms with Crippen molar-refractivity contribution in [2.24, 2.45) is 17.1 Å². The van der Waals surface area contributed by atoms with Gasteiger partial charge in [-0.1, -0.05) is 102 Å². The summed E-state index contributed by atoms with van der Waals surface area (Å²) in [5.41, 5.74) is 17.3. The zero-order valence-electron chi connectivity index (χ0n) is 43.2. The van der Waals surface area contributed by atoms with Crippen LogP contribution < -0.4 is 21.9 Å². The summed E-state index contributed by atoms with van der Waals surface area (Å²) >= 11 is 5.30. The molecule has 5 aliphatic rings. The van der Waals surface area contributed by atoms with Crippen molar-refractivity contribution >= 4 is 50.4 Å². The van der Waals surface area contributed by atoms with Crippen molar-refractivity contribution in [2.75, 3.05) is 33.7 Å². The van der Waals surface area contributed by atoms with Crippen molar-refractivity contribution in [3.63, 3.8) is 0 Å². The summed E-state index contributed by atoms with van der Waals surface area (Å²) in [6.07, 6.45) is 18.7. The summed E-state index contributed by atoms with van der Waals surface area (Å²) in [5, 5.41) is 7.21. The number of rotatable bonds is 9. The highest BCUT2D eigenvalue weighted by molar-refractivity contribution is 9.10. The zero-order valence-corrected chi connectivity index (χ0v) is 45.6. The van der Waals surface area contributed by atoms with Gasteiger partial charge in [-0.05, 0) is 166 Å². The molecule has 2 saturated heterocycles. The summed E-state index contributed by atoms with van der Waals surface area (Å²) < 4.78 is 3.15. The minimum atomic E-state index is -0.375. The number of nitrogens with two attached hydrogens (primary N) is 1. The Morgan fingerprint density at radius 2 is 1.63 bits per heavy atom. The van der Waals surface area contributed by atoms with Crippen molar-refractivity contribution in [1.29, 1.82) is 0 Å². The molecule has 2 saturated carbocycles. The molecule has 10 rings (SSSR count). The number of allylic oxidation sites excluding steroid dienone is 1. The molecule has 3 aromatic carbocycles. The van der Waals surface area contributed by atoms with Crippen LogP contribution in [0, 0.1) is 18.3 Å². The number of aromatic nitrogens is 3. The molecule has 4 N–H and O–H groups in total. The van der Waals surface area contributed by atoms with Gasteiger partial charge in [0.15, 0.2) is 0 Å². The van der Waals surface area contributed by atoms with Crippen LogP contribution in [0.25, 0.3) is 27.0 Å². The predicted molar refractivity (Wildman–Crippen MR) is 294 cm³/mol. The molecule has 3 unspecified atom stereocenters. The fourth-order valence-corrected chi connectivity index (χ4v) is 13.1. The molecule has 2 aliphatic carbocycles. The number of piperidine rings is 1. The Morgan fingerprint density at radius 3 is 2.28 bits per heavy atom. The van der Waals surface area contributed by atoms with Gasteiger partial charge in [-0.25, -0.2) is 4.98 Å². The maximum Gasteiger partial charge on any atom is 0.281 e. The number of carbonyl (C=O) groups excluding carboxylic acids is 2. The fourth-order valence-electron chi connectivity index (χ4n) is 11.8. The van der Waals surface area contributed by atoms with E-state index in [0.717, 1.165) is 85.1 Å². The third kappa shape index (κ3) is 11.4. The summed E-state index contributed by atoms with van der Waals surface area (Å²) in [6.45, 7) is 13.3. The highest BCUT2D eigenvalue weighted by Crippen LogP contribution is 2.52. The molecule has 71 heavy (non-hydrogen) atoms. The first-order chi connectivity index (χ1) is 34.1. The maximum absolute atomic E-state index is 13.1. The number of carbonyl (C=O) groups is 2. The summed E-state index contributed by atoms with van der Waals surface area (Å²) in [5.74, 6) is 2.01. The van der Waals surface area contributed by atoms with Crippen LogP contribution in [0.4, 0.5) is 0 Å². The van der Waals surface area contributed by atoms with Gasteiger partial charge in [-0.15, -0.1) is 11.3 Å². The van der Waals surface area contributed by atoms with E-state index in [1.807, 2.05) is 51.7 Å². The number of benzene rings is 3. The average Bonchev–Trinajstić information content (AvgIpc) is 4.11. The summed E-state index contributed by atoms with van der Waals surface area (Å²) in [7, 11) is 4.19. The van der Waals surface area contributed by atoms with E-state index in [0.29, 0.717) is 29.8 Å². The standard InChI is InChI=1S/C26H28BrN3O.C19H33N3O2.C13H16N2S/c1-29-14-10-17(11-15-29)18-8-9-19-22(16-18)30-21-7-5-6-20(27)23(21)24(31)28-25(30)26(19)12-3-2-4-13-26;1-19(2,3)17(18(24)22-11-7-10-15(22)13-23)21-12-16(20)14-8-5-4-6-9-14;1-9(14-3)11-4-6-12(7-5-11)13-10(2)15-8-16-13/h5-9,16-17H,2-4,10-15H2,1H3;12-15,17,21H,4-11,20H2,1-3H3;4-9,14H,1-3H3/b;16-12-;. The van der Waals surface area contributed by atoms with Gasteiger partial charge in [0.1, 0.15) is 18.2 Å². The number of halogens is 1. The lowest BCUT2D eigenvalue weighted by Gasteiger charge is -2.35. The fraction of sp³-hybridized carbons (Fsp3) is 0.534. The molecule has 5 aromatic rings. The SMILES string of the molecule is CC(C)(C)C(N/C=C(\N)C1CCCCC1)C(=O)N1CCCC1C=O.CN1CCC(c2ccc3c(c2)-n2c(nc(=O)c4c(Br)cccc42)C32CCCCC2)CC1.CNC(C)c1ccc(-c2scnc2C)cc1. The van der Waals surface area contributed by atoms with Gasteiger partial charge >= 0.3 is 0 Å². The topological polar surface area (TPSA) is 138 Å². The van der Waals surface area contributed by atoms with Gasteiger partial charge < -0.3 is 31.0 Å². The lowest BCUT2D eigenvalue weighted by Crippen LogP contribution is -2.53. The molecule has 3 aliphatic heterocycles. The molecule has 380 valence electrons. The van der Waals surface area contributed by atoms with Gasteiger partial charge in [0.05, 0.1) is 44.1 Å². The van der Waals surface area contributed by atoms with Crippen molar-refractivity contribution < 1.29 is 9.59 Å². The first-order valence-electron chi connectivity index (χ1n) is 26.3. The molecule has 1 spiro atoms. The van der Waals surface area contributed by atoms with E-state index in [4.69, 9.17) is 10.7 Å². The van der Waals surface area contributed by atoms with E-state index in [2.05, 4.69) is 110 Å². The number of nitrogens with one attached hydrogen (secondary N) is 2. The van der Waals surface area contributed by atoms with Crippen LogP contribution in [0.5, 0.6) is 0 Å². The van der Waals surface area contributed by atoms with Crippen molar-refractivity contribution in [3.05, 3.63) is 121 Å². The van der Waals surface area contributed by atoms with E-state index in [9.17, 15) is 14.4 Å². The number of nitrogens with zero attached hydrogens (tertiary/aromatic N) is 5. The Balaban J connectivity index is 0.000000151. The number of fused-ring (bicyclic) bond motifs is 7. The van der Waals surface area contributed by atoms with Crippen LogP contribution in [0.3, 0.4) is 0 Å². The zero-order chi connectivity index (χ0) is 50.5. The molecule has 13 heteroatoms. The van der Waals surface area contributed by atoms with Crippen LogP contribution in [0.2, 0.25) is 0 Å². The number of likely N-dealkylation sites (tertiary alicyclic amines) is 2. The second-order valence-electron chi connectivity index (χ2n) is 21.9. The van der Waals surface area contributed by atoms with E-state index in [-0.39, 0.29) is 34.4 Å². The number of aldehydes is 1. The highest BCUT2D eigenvalue weighted by Gasteiger charge is 2.47. The molecular formula is C58H77BrN8O3S. The monoisotopic (exact) mass is 1040 g/mol. The Hall–Kier alpha value is -4.69. The first kappa shape index (κ1) is 52.6. The molecule has 4 fully saturated rings. The third-order valence-electron chi connectivity index (χ3n) is 16.2. The molecular weight excluding hydrogens is 969 g/mol. The largest absolute Gasteiger partial charge is 0.401 e. The number of hydrogen-bond donors (Lipinski definition) is 3. The van der Waals surface area contributed by atoms with Gasteiger partial charge in [-0.2, -0.15) is 4.98 Å². The molecule has 1 amide bonds. The van der Waals surface area contributed by atoms with Crippen LogP contribution in [-0.4, -0.2) is 82.3 Å². The molecule has 0 radical (unpaired) electrons. The van der Waals surface area contributed by atoms with Crippen molar-refractivity contribution in [2.45, 2.75) is 154 Å². The number of thiazole rings is 1.